The lowest BCUT2D eigenvalue weighted by atomic mass is 9.87. The molecule has 1 atom stereocenters. The summed E-state index contributed by atoms with van der Waals surface area (Å²) in [5.74, 6) is 0.229. The number of methoxy groups -OCH3 is 1. The van der Waals surface area contributed by atoms with Crippen molar-refractivity contribution in [2.24, 2.45) is 0 Å². The van der Waals surface area contributed by atoms with E-state index in [1.807, 2.05) is 11.8 Å². The summed E-state index contributed by atoms with van der Waals surface area (Å²) in [5, 5.41) is 3.14. The minimum Gasteiger partial charge on any atom is -0.381 e. The molecule has 2 fully saturated rings. The first kappa shape index (κ1) is 8.97. The number of amides is 1. The Balaban J connectivity index is 1.91. The first-order valence-corrected chi connectivity index (χ1v) is 4.79. The van der Waals surface area contributed by atoms with Gasteiger partial charge in [-0.05, 0) is 19.8 Å². The van der Waals surface area contributed by atoms with Crippen LogP contribution >= 0.6 is 0 Å². The second-order valence-corrected chi connectivity index (χ2v) is 3.84. The summed E-state index contributed by atoms with van der Waals surface area (Å²) < 4.78 is 5.19. The lowest BCUT2D eigenvalue weighted by molar-refractivity contribution is -0.135. The van der Waals surface area contributed by atoms with Crippen molar-refractivity contribution in [3.63, 3.8) is 0 Å². The van der Waals surface area contributed by atoms with Crippen molar-refractivity contribution in [1.29, 1.82) is 0 Å². The van der Waals surface area contributed by atoms with Crippen LogP contribution in [0.25, 0.3) is 0 Å². The van der Waals surface area contributed by atoms with Gasteiger partial charge in [-0.1, -0.05) is 0 Å². The molecular weight excluding hydrogens is 168 g/mol. The Bertz CT molecular complexity index is 214. The summed E-state index contributed by atoms with van der Waals surface area (Å²) >= 11 is 0. The number of rotatable bonds is 2. The molecule has 1 unspecified atom stereocenters. The van der Waals surface area contributed by atoms with Crippen molar-refractivity contribution in [3.8, 4) is 0 Å². The lowest BCUT2D eigenvalue weighted by Gasteiger charge is -2.41. The van der Waals surface area contributed by atoms with E-state index in [1.54, 1.807) is 7.11 Å². The molecule has 1 saturated carbocycles. The third kappa shape index (κ3) is 1.44. The van der Waals surface area contributed by atoms with Crippen LogP contribution in [-0.4, -0.2) is 42.8 Å². The predicted molar refractivity (Wildman–Crippen MR) is 48.1 cm³/mol. The quantitative estimate of drug-likeness (QED) is 0.654. The van der Waals surface area contributed by atoms with Gasteiger partial charge in [-0.15, -0.1) is 0 Å². The van der Waals surface area contributed by atoms with Crippen LogP contribution in [0.15, 0.2) is 0 Å². The highest BCUT2D eigenvalue weighted by Gasteiger charge is 2.40. The average molecular weight is 184 g/mol. The molecule has 0 bridgehead atoms. The highest BCUT2D eigenvalue weighted by Crippen LogP contribution is 2.30. The minimum absolute atomic E-state index is 0.204. The highest BCUT2D eigenvalue weighted by atomic mass is 16.5. The zero-order chi connectivity index (χ0) is 9.42. The van der Waals surface area contributed by atoms with Crippen LogP contribution in [0, 0.1) is 0 Å². The molecule has 4 nitrogen and oxygen atoms in total. The molecule has 13 heavy (non-hydrogen) atoms. The number of carbonyl (C=O) groups is 1. The molecule has 0 aromatic heterocycles. The maximum atomic E-state index is 11.4. The number of nitrogens with one attached hydrogen (secondary N) is 1. The lowest BCUT2D eigenvalue weighted by Crippen LogP contribution is -2.52. The number of ether oxygens (including phenoxy) is 1. The van der Waals surface area contributed by atoms with Crippen molar-refractivity contribution < 1.29 is 9.53 Å². The van der Waals surface area contributed by atoms with Gasteiger partial charge in [0.05, 0.1) is 18.8 Å². The molecule has 2 rings (SSSR count). The number of hydrogen-bond donors (Lipinski definition) is 1. The minimum atomic E-state index is 0.204. The summed E-state index contributed by atoms with van der Waals surface area (Å²) in [6, 6.07) is 0.405. The van der Waals surface area contributed by atoms with E-state index in [2.05, 4.69) is 5.32 Å². The number of carbonyl (C=O) groups excluding carboxylic acids is 1. The van der Waals surface area contributed by atoms with Crippen molar-refractivity contribution in [1.82, 2.24) is 10.2 Å². The molecule has 0 radical (unpaired) electrons. The van der Waals surface area contributed by atoms with E-state index in [-0.39, 0.29) is 12.1 Å². The van der Waals surface area contributed by atoms with E-state index in [0.717, 1.165) is 12.8 Å². The van der Waals surface area contributed by atoms with Gasteiger partial charge in [-0.2, -0.15) is 0 Å². The summed E-state index contributed by atoms with van der Waals surface area (Å²) in [6.07, 6.45) is 2.56. The summed E-state index contributed by atoms with van der Waals surface area (Å²) in [5.41, 5.74) is 0. The fourth-order valence-corrected chi connectivity index (χ4v) is 2.12. The van der Waals surface area contributed by atoms with E-state index in [1.165, 1.54) is 0 Å². The van der Waals surface area contributed by atoms with Gasteiger partial charge in [0.25, 0.3) is 0 Å². The molecule has 1 N–H and O–H groups in total. The zero-order valence-corrected chi connectivity index (χ0v) is 8.12. The van der Waals surface area contributed by atoms with Gasteiger partial charge in [0, 0.05) is 13.2 Å². The first-order chi connectivity index (χ1) is 6.22. The Morgan fingerprint density at radius 1 is 1.54 bits per heavy atom. The predicted octanol–water partition coefficient (Wildman–Crippen LogP) is -0.0584. The summed E-state index contributed by atoms with van der Waals surface area (Å²) in [7, 11) is 1.73. The van der Waals surface area contributed by atoms with Crippen LogP contribution in [0.3, 0.4) is 0 Å². The molecular formula is C9H16N2O2. The molecule has 1 heterocycles. The van der Waals surface area contributed by atoms with E-state index < -0.39 is 0 Å². The van der Waals surface area contributed by atoms with Crippen molar-refractivity contribution in [2.75, 3.05) is 13.7 Å². The molecule has 1 aliphatic carbocycles. The molecule has 4 heteroatoms. The monoisotopic (exact) mass is 184 g/mol. The topological polar surface area (TPSA) is 41.6 Å². The van der Waals surface area contributed by atoms with Crippen molar-refractivity contribution in [3.05, 3.63) is 0 Å². The zero-order valence-electron chi connectivity index (χ0n) is 8.12. The second kappa shape index (κ2) is 3.27. The Kier molecular flexibility index (Phi) is 2.26. The summed E-state index contributed by atoms with van der Waals surface area (Å²) in [4.78, 5) is 13.4. The summed E-state index contributed by atoms with van der Waals surface area (Å²) in [6.45, 7) is 2.53. The average Bonchev–Trinajstić information content (AvgIpc) is 2.33. The van der Waals surface area contributed by atoms with E-state index in [4.69, 9.17) is 4.74 Å². The van der Waals surface area contributed by atoms with E-state index >= 15 is 0 Å². The van der Waals surface area contributed by atoms with Gasteiger partial charge in [-0.25, -0.2) is 0 Å². The fourth-order valence-electron chi connectivity index (χ4n) is 2.12. The van der Waals surface area contributed by atoms with Gasteiger partial charge < -0.3 is 9.64 Å². The van der Waals surface area contributed by atoms with Crippen LogP contribution in [0.1, 0.15) is 19.8 Å². The molecule has 2 aliphatic rings. The van der Waals surface area contributed by atoms with E-state index in [0.29, 0.717) is 18.7 Å². The van der Waals surface area contributed by atoms with E-state index in [9.17, 15) is 4.79 Å². The van der Waals surface area contributed by atoms with Gasteiger partial charge in [0.1, 0.15) is 0 Å². The van der Waals surface area contributed by atoms with Crippen LogP contribution in [0.4, 0.5) is 0 Å². The Labute approximate surface area is 78.2 Å². The Morgan fingerprint density at radius 3 is 2.69 bits per heavy atom. The van der Waals surface area contributed by atoms with Crippen LogP contribution in [0.2, 0.25) is 0 Å². The molecule has 0 aromatic rings. The number of hydrogen-bond acceptors (Lipinski definition) is 3. The van der Waals surface area contributed by atoms with Gasteiger partial charge >= 0.3 is 0 Å². The largest absolute Gasteiger partial charge is 0.381 e. The van der Waals surface area contributed by atoms with Crippen LogP contribution in [-0.2, 0) is 9.53 Å². The van der Waals surface area contributed by atoms with Crippen LogP contribution < -0.4 is 5.32 Å². The first-order valence-electron chi connectivity index (χ1n) is 4.79. The van der Waals surface area contributed by atoms with Crippen LogP contribution in [0.5, 0.6) is 0 Å². The Morgan fingerprint density at radius 2 is 2.23 bits per heavy atom. The maximum Gasteiger partial charge on any atom is 0.238 e. The normalized spacial score (nSPS) is 39.4. The fraction of sp³-hybridized carbons (Fsp3) is 0.889. The van der Waals surface area contributed by atoms with Crippen molar-refractivity contribution in [2.45, 2.75) is 38.1 Å². The third-order valence-corrected chi connectivity index (χ3v) is 3.05. The molecule has 1 amide bonds. The standard InChI is InChI=1S/C9H16N2O2/c1-6-10-5-9(12)11(6)7-3-8(4-7)13-2/h6-8,10H,3-5H2,1-2H3. The Hall–Kier alpha value is -0.610. The van der Waals surface area contributed by atoms with Crippen molar-refractivity contribution >= 4 is 5.91 Å². The molecule has 0 aromatic carbocycles. The van der Waals surface area contributed by atoms with Gasteiger partial charge in [0.15, 0.2) is 0 Å². The third-order valence-electron chi connectivity index (χ3n) is 3.05. The SMILES string of the molecule is COC1CC(N2C(=O)CNC2C)C1. The van der Waals surface area contributed by atoms with Gasteiger partial charge in [-0.3, -0.25) is 10.1 Å². The molecule has 74 valence electrons. The molecule has 0 spiro atoms. The second-order valence-electron chi connectivity index (χ2n) is 3.84. The molecule has 1 aliphatic heterocycles. The maximum absolute atomic E-state index is 11.4. The smallest absolute Gasteiger partial charge is 0.238 e. The highest BCUT2D eigenvalue weighted by molar-refractivity contribution is 5.81. The van der Waals surface area contributed by atoms with Gasteiger partial charge in [0.2, 0.25) is 5.91 Å². The number of nitrogens with zero attached hydrogens (tertiary/aromatic N) is 1. The molecule has 1 saturated heterocycles.